The van der Waals surface area contributed by atoms with E-state index in [9.17, 15) is 14.0 Å². The van der Waals surface area contributed by atoms with Crippen LogP contribution >= 0.6 is 0 Å². The van der Waals surface area contributed by atoms with Gasteiger partial charge in [-0.05, 0) is 55.8 Å². The second-order valence-electron chi connectivity index (χ2n) is 6.81. The highest BCUT2D eigenvalue weighted by Gasteiger charge is 2.18. The monoisotopic (exact) mass is 390 g/mol. The van der Waals surface area contributed by atoms with Crippen LogP contribution in [0.15, 0.2) is 65.7 Å². The van der Waals surface area contributed by atoms with Crippen molar-refractivity contribution in [3.8, 4) is 5.69 Å². The first-order valence-electron chi connectivity index (χ1n) is 9.13. The molecule has 0 atom stereocenters. The van der Waals surface area contributed by atoms with E-state index in [0.717, 1.165) is 16.9 Å². The van der Waals surface area contributed by atoms with Crippen molar-refractivity contribution in [2.24, 2.45) is 0 Å². The van der Waals surface area contributed by atoms with E-state index in [-0.39, 0.29) is 17.9 Å². The second-order valence-corrected chi connectivity index (χ2v) is 6.81. The number of hydrogen-bond donors (Lipinski definition) is 1. The average molecular weight is 390 g/mol. The number of carbonyl (C=O) groups excluding carboxylic acids is 1. The SMILES string of the molecule is Cc1c(C)n(-c2ccccc2)c2ncn(CC(=O)Nc3ccc(F)cc3)c(=O)c12. The molecule has 7 heteroatoms. The van der Waals surface area contributed by atoms with Crippen molar-refractivity contribution in [1.82, 2.24) is 14.1 Å². The lowest BCUT2D eigenvalue weighted by Crippen LogP contribution is -2.28. The van der Waals surface area contributed by atoms with Crippen molar-refractivity contribution < 1.29 is 9.18 Å². The highest BCUT2D eigenvalue weighted by molar-refractivity contribution is 5.91. The number of carbonyl (C=O) groups is 1. The molecule has 0 aliphatic heterocycles. The molecule has 0 bridgehead atoms. The minimum absolute atomic E-state index is 0.186. The zero-order valence-corrected chi connectivity index (χ0v) is 16.0. The number of aromatic nitrogens is 3. The Morgan fingerprint density at radius 2 is 1.76 bits per heavy atom. The first kappa shape index (κ1) is 18.6. The number of hydrogen-bond acceptors (Lipinski definition) is 3. The lowest BCUT2D eigenvalue weighted by atomic mass is 10.2. The van der Waals surface area contributed by atoms with Gasteiger partial charge in [0.05, 0.1) is 5.39 Å². The minimum atomic E-state index is -0.392. The molecule has 146 valence electrons. The van der Waals surface area contributed by atoms with Crippen molar-refractivity contribution in [2.45, 2.75) is 20.4 Å². The molecule has 0 saturated heterocycles. The van der Waals surface area contributed by atoms with E-state index in [1.165, 1.54) is 35.2 Å². The Morgan fingerprint density at radius 1 is 1.07 bits per heavy atom. The van der Waals surface area contributed by atoms with Gasteiger partial charge in [-0.3, -0.25) is 18.7 Å². The molecule has 6 nitrogen and oxygen atoms in total. The molecule has 1 N–H and O–H groups in total. The van der Waals surface area contributed by atoms with Gasteiger partial charge >= 0.3 is 0 Å². The van der Waals surface area contributed by atoms with Crippen LogP contribution in [0.25, 0.3) is 16.7 Å². The fourth-order valence-electron chi connectivity index (χ4n) is 3.38. The fourth-order valence-corrected chi connectivity index (χ4v) is 3.38. The number of rotatable bonds is 4. The van der Waals surface area contributed by atoms with Crippen LogP contribution in [0.5, 0.6) is 0 Å². The lowest BCUT2D eigenvalue weighted by molar-refractivity contribution is -0.116. The summed E-state index contributed by atoms with van der Waals surface area (Å²) in [5.41, 5.74) is 3.41. The zero-order valence-electron chi connectivity index (χ0n) is 16.0. The lowest BCUT2D eigenvalue weighted by Gasteiger charge is -2.09. The molecule has 2 heterocycles. The van der Waals surface area contributed by atoms with Crippen molar-refractivity contribution >= 4 is 22.6 Å². The highest BCUT2D eigenvalue weighted by Crippen LogP contribution is 2.24. The van der Waals surface area contributed by atoms with Crippen LogP contribution in [0.3, 0.4) is 0 Å². The van der Waals surface area contributed by atoms with Crippen molar-refractivity contribution in [3.63, 3.8) is 0 Å². The molecular formula is C22H19FN4O2. The summed E-state index contributed by atoms with van der Waals surface area (Å²) in [7, 11) is 0. The van der Waals surface area contributed by atoms with Gasteiger partial charge in [0.25, 0.3) is 5.56 Å². The number of fused-ring (bicyclic) bond motifs is 1. The summed E-state index contributed by atoms with van der Waals surface area (Å²) in [6.45, 7) is 3.63. The predicted molar refractivity (Wildman–Crippen MR) is 110 cm³/mol. The number of nitrogens with one attached hydrogen (secondary N) is 1. The maximum Gasteiger partial charge on any atom is 0.263 e. The van der Waals surface area contributed by atoms with Gasteiger partial charge in [0, 0.05) is 17.1 Å². The number of para-hydroxylation sites is 1. The molecular weight excluding hydrogens is 371 g/mol. The minimum Gasteiger partial charge on any atom is -0.325 e. The Kier molecular flexibility index (Phi) is 4.72. The van der Waals surface area contributed by atoms with E-state index in [2.05, 4.69) is 10.3 Å². The predicted octanol–water partition coefficient (Wildman–Crippen LogP) is 3.58. The van der Waals surface area contributed by atoms with Crippen LogP contribution in [0.2, 0.25) is 0 Å². The normalized spacial score (nSPS) is 11.0. The number of amides is 1. The Labute approximate surface area is 166 Å². The largest absolute Gasteiger partial charge is 0.325 e. The summed E-state index contributed by atoms with van der Waals surface area (Å²) in [6, 6.07) is 15.1. The van der Waals surface area contributed by atoms with Gasteiger partial charge in [-0.1, -0.05) is 18.2 Å². The van der Waals surface area contributed by atoms with Crippen molar-refractivity contribution in [3.05, 3.63) is 88.4 Å². The molecule has 0 saturated carbocycles. The summed E-state index contributed by atoms with van der Waals surface area (Å²) in [6.07, 6.45) is 1.38. The molecule has 0 aliphatic carbocycles. The molecule has 0 fully saturated rings. The van der Waals surface area contributed by atoms with E-state index < -0.39 is 5.91 Å². The second kappa shape index (κ2) is 7.35. The smallest absolute Gasteiger partial charge is 0.263 e. The van der Waals surface area contributed by atoms with Crippen LogP contribution < -0.4 is 10.9 Å². The van der Waals surface area contributed by atoms with Gasteiger partial charge in [0.15, 0.2) is 5.65 Å². The first-order valence-corrected chi connectivity index (χ1v) is 9.13. The van der Waals surface area contributed by atoms with E-state index in [1.807, 2.05) is 48.7 Å². The Bertz CT molecular complexity index is 1260. The van der Waals surface area contributed by atoms with E-state index in [1.54, 1.807) is 0 Å². The van der Waals surface area contributed by atoms with Crippen LogP contribution in [0.1, 0.15) is 11.3 Å². The van der Waals surface area contributed by atoms with Gasteiger partial charge in [0.2, 0.25) is 5.91 Å². The molecule has 29 heavy (non-hydrogen) atoms. The number of benzene rings is 2. The topological polar surface area (TPSA) is 68.9 Å². The zero-order chi connectivity index (χ0) is 20.5. The third kappa shape index (κ3) is 3.42. The molecule has 0 unspecified atom stereocenters. The Morgan fingerprint density at radius 3 is 2.45 bits per heavy atom. The number of halogens is 1. The Hall–Kier alpha value is -3.74. The Balaban J connectivity index is 1.70. The van der Waals surface area contributed by atoms with Crippen LogP contribution in [0.4, 0.5) is 10.1 Å². The third-order valence-corrected chi connectivity index (χ3v) is 4.94. The molecule has 4 rings (SSSR count). The maximum atomic E-state index is 13.1. The molecule has 0 radical (unpaired) electrons. The standard InChI is InChI=1S/C22H19FN4O2/c1-14-15(2)27(18-6-4-3-5-7-18)21-20(14)22(29)26(13-24-21)12-19(28)25-17-10-8-16(23)9-11-17/h3-11,13H,12H2,1-2H3,(H,25,28). The summed E-state index contributed by atoms with van der Waals surface area (Å²) < 4.78 is 16.2. The first-order chi connectivity index (χ1) is 14.0. The van der Waals surface area contributed by atoms with E-state index in [0.29, 0.717) is 16.7 Å². The average Bonchev–Trinajstić information content (AvgIpc) is 2.97. The van der Waals surface area contributed by atoms with Gasteiger partial charge in [-0.15, -0.1) is 0 Å². The summed E-state index contributed by atoms with van der Waals surface area (Å²) in [5.74, 6) is -0.778. The molecule has 1 amide bonds. The molecule has 4 aromatic rings. The molecule has 0 aliphatic rings. The van der Waals surface area contributed by atoms with E-state index in [4.69, 9.17) is 0 Å². The van der Waals surface area contributed by atoms with E-state index >= 15 is 0 Å². The maximum absolute atomic E-state index is 13.1. The summed E-state index contributed by atoms with van der Waals surface area (Å²) in [5, 5.41) is 3.14. The molecule has 2 aromatic carbocycles. The van der Waals surface area contributed by atoms with Gasteiger partial charge in [-0.25, -0.2) is 9.37 Å². The highest BCUT2D eigenvalue weighted by atomic mass is 19.1. The van der Waals surface area contributed by atoms with Crippen LogP contribution in [0, 0.1) is 19.7 Å². The van der Waals surface area contributed by atoms with Crippen molar-refractivity contribution in [1.29, 1.82) is 0 Å². The van der Waals surface area contributed by atoms with Gasteiger partial charge in [-0.2, -0.15) is 0 Å². The fraction of sp³-hybridized carbons (Fsp3) is 0.136. The molecule has 2 aromatic heterocycles. The van der Waals surface area contributed by atoms with Gasteiger partial charge in [0.1, 0.15) is 18.7 Å². The molecule has 0 spiro atoms. The van der Waals surface area contributed by atoms with Crippen LogP contribution in [-0.2, 0) is 11.3 Å². The number of nitrogens with zero attached hydrogens (tertiary/aromatic N) is 3. The van der Waals surface area contributed by atoms with Crippen molar-refractivity contribution in [2.75, 3.05) is 5.32 Å². The summed E-state index contributed by atoms with van der Waals surface area (Å²) >= 11 is 0. The number of aryl methyl sites for hydroxylation is 1. The van der Waals surface area contributed by atoms with Crippen LogP contribution in [-0.4, -0.2) is 20.0 Å². The summed E-state index contributed by atoms with van der Waals surface area (Å²) in [4.78, 5) is 29.9. The third-order valence-electron chi connectivity index (χ3n) is 4.94. The van der Waals surface area contributed by atoms with Gasteiger partial charge < -0.3 is 5.32 Å². The quantitative estimate of drug-likeness (QED) is 0.579. The number of anilines is 1.